The third-order valence-electron chi connectivity index (χ3n) is 6.20. The van der Waals surface area contributed by atoms with Crippen molar-refractivity contribution in [1.82, 2.24) is 0 Å². The molecule has 2 fully saturated rings. The van der Waals surface area contributed by atoms with E-state index in [1.54, 1.807) is 0 Å². The molecule has 1 saturated carbocycles. The Bertz CT molecular complexity index is 1020. The Kier molecular flexibility index (Phi) is 3.82. The van der Waals surface area contributed by atoms with Crippen molar-refractivity contribution in [1.29, 1.82) is 0 Å². The number of imide groups is 1. The Balaban J connectivity index is 1.50. The first-order valence-electron chi connectivity index (χ1n) is 9.64. The molecule has 0 radical (unpaired) electrons. The lowest BCUT2D eigenvalue weighted by Crippen LogP contribution is -2.31. The van der Waals surface area contributed by atoms with Crippen LogP contribution in [0.1, 0.15) is 30.7 Å². The van der Waals surface area contributed by atoms with E-state index in [2.05, 4.69) is 12.1 Å². The van der Waals surface area contributed by atoms with Crippen LogP contribution >= 0.6 is 0 Å². The molecule has 3 aromatic carbocycles. The fraction of sp³-hybridized carbons (Fsp3) is 0.250. The molecule has 0 N–H and O–H groups in total. The molecule has 1 saturated heterocycles. The maximum atomic E-state index is 13.3. The topological polar surface area (TPSA) is 37.4 Å². The summed E-state index contributed by atoms with van der Waals surface area (Å²) in [5, 5.41) is 2.01. The molecule has 1 aliphatic heterocycles. The lowest BCUT2D eigenvalue weighted by atomic mass is 9.73. The summed E-state index contributed by atoms with van der Waals surface area (Å²) in [5.41, 5.74) is 2.01. The van der Waals surface area contributed by atoms with Crippen LogP contribution in [0.15, 0.2) is 72.8 Å². The Morgan fingerprint density at radius 3 is 2.26 bits per heavy atom. The van der Waals surface area contributed by atoms with Gasteiger partial charge in [-0.1, -0.05) is 66.7 Å². The van der Waals surface area contributed by atoms with Crippen molar-refractivity contribution >= 4 is 28.3 Å². The van der Waals surface area contributed by atoms with E-state index >= 15 is 0 Å². The zero-order valence-corrected chi connectivity index (χ0v) is 15.0. The van der Waals surface area contributed by atoms with Crippen LogP contribution in [-0.2, 0) is 9.59 Å². The van der Waals surface area contributed by atoms with Gasteiger partial charge in [0.25, 0.3) is 0 Å². The molecular formula is C24H21NO2. The zero-order valence-electron chi connectivity index (χ0n) is 15.0. The minimum Gasteiger partial charge on any atom is -0.274 e. The van der Waals surface area contributed by atoms with Gasteiger partial charge >= 0.3 is 0 Å². The van der Waals surface area contributed by atoms with Crippen LogP contribution in [0.2, 0.25) is 0 Å². The van der Waals surface area contributed by atoms with Crippen molar-refractivity contribution in [3.63, 3.8) is 0 Å². The molecule has 3 nitrogen and oxygen atoms in total. The van der Waals surface area contributed by atoms with Crippen LogP contribution in [0, 0.1) is 11.8 Å². The monoisotopic (exact) mass is 355 g/mol. The zero-order chi connectivity index (χ0) is 18.4. The van der Waals surface area contributed by atoms with Crippen LogP contribution in [0.25, 0.3) is 10.8 Å². The average Bonchev–Trinajstić information content (AvgIpc) is 2.98. The second-order valence-electron chi connectivity index (χ2n) is 7.64. The summed E-state index contributed by atoms with van der Waals surface area (Å²) in [6.07, 6.45) is 2.52. The van der Waals surface area contributed by atoms with Gasteiger partial charge in [-0.2, -0.15) is 0 Å². The summed E-state index contributed by atoms with van der Waals surface area (Å²) < 4.78 is 0. The number of amides is 2. The second kappa shape index (κ2) is 6.34. The predicted octanol–water partition coefficient (Wildman–Crippen LogP) is 4.91. The van der Waals surface area contributed by atoms with Gasteiger partial charge in [0.2, 0.25) is 11.8 Å². The van der Waals surface area contributed by atoms with Gasteiger partial charge in [-0.05, 0) is 42.2 Å². The van der Waals surface area contributed by atoms with Crippen LogP contribution in [0.5, 0.6) is 0 Å². The van der Waals surface area contributed by atoms with E-state index in [-0.39, 0.29) is 23.7 Å². The Hall–Kier alpha value is -2.94. The molecule has 2 aliphatic rings. The molecule has 27 heavy (non-hydrogen) atoms. The van der Waals surface area contributed by atoms with Crippen LogP contribution in [0.4, 0.5) is 5.69 Å². The van der Waals surface area contributed by atoms with Gasteiger partial charge in [0.1, 0.15) is 0 Å². The summed E-state index contributed by atoms with van der Waals surface area (Å²) in [6.45, 7) is 0. The van der Waals surface area contributed by atoms with E-state index in [4.69, 9.17) is 0 Å². The van der Waals surface area contributed by atoms with Gasteiger partial charge < -0.3 is 0 Å². The fourth-order valence-corrected chi connectivity index (χ4v) is 4.85. The van der Waals surface area contributed by atoms with Gasteiger partial charge in [-0.3, -0.25) is 9.59 Å². The van der Waals surface area contributed by atoms with Gasteiger partial charge in [0, 0.05) is 5.39 Å². The molecule has 3 atom stereocenters. The van der Waals surface area contributed by atoms with Crippen LogP contribution < -0.4 is 4.90 Å². The largest absolute Gasteiger partial charge is 0.274 e. The predicted molar refractivity (Wildman–Crippen MR) is 106 cm³/mol. The van der Waals surface area contributed by atoms with Crippen molar-refractivity contribution in [3.05, 3.63) is 78.4 Å². The van der Waals surface area contributed by atoms with Gasteiger partial charge in [-0.25, -0.2) is 4.90 Å². The minimum absolute atomic E-state index is 0.0205. The van der Waals surface area contributed by atoms with Crippen molar-refractivity contribution in [3.8, 4) is 0 Å². The number of fused-ring (bicyclic) bond motifs is 2. The number of benzene rings is 3. The maximum absolute atomic E-state index is 13.3. The minimum atomic E-state index is -0.199. The summed E-state index contributed by atoms with van der Waals surface area (Å²) in [4.78, 5) is 27.9. The highest BCUT2D eigenvalue weighted by Gasteiger charge is 2.50. The van der Waals surface area contributed by atoms with E-state index in [0.29, 0.717) is 5.92 Å². The second-order valence-corrected chi connectivity index (χ2v) is 7.64. The lowest BCUT2D eigenvalue weighted by Gasteiger charge is -2.28. The Labute approximate surface area is 158 Å². The molecule has 0 aromatic heterocycles. The molecule has 1 aliphatic carbocycles. The molecule has 134 valence electrons. The van der Waals surface area contributed by atoms with Gasteiger partial charge in [0.05, 0.1) is 17.5 Å². The van der Waals surface area contributed by atoms with E-state index in [9.17, 15) is 9.59 Å². The normalized spacial score (nSPS) is 25.0. The number of rotatable bonds is 2. The molecule has 5 rings (SSSR count). The summed E-state index contributed by atoms with van der Waals surface area (Å²) in [7, 11) is 0. The molecule has 0 spiro atoms. The van der Waals surface area contributed by atoms with Crippen molar-refractivity contribution < 1.29 is 9.59 Å². The van der Waals surface area contributed by atoms with E-state index in [1.165, 1.54) is 10.5 Å². The number of carbonyl (C=O) groups excluding carboxylic acids is 2. The first-order valence-corrected chi connectivity index (χ1v) is 9.64. The van der Waals surface area contributed by atoms with Gasteiger partial charge in [-0.15, -0.1) is 0 Å². The van der Waals surface area contributed by atoms with Gasteiger partial charge in [0.15, 0.2) is 0 Å². The number of hydrogen-bond acceptors (Lipinski definition) is 2. The Morgan fingerprint density at radius 1 is 0.704 bits per heavy atom. The van der Waals surface area contributed by atoms with Crippen molar-refractivity contribution in [2.24, 2.45) is 11.8 Å². The highest BCUT2D eigenvalue weighted by molar-refractivity contribution is 6.25. The Morgan fingerprint density at radius 2 is 1.41 bits per heavy atom. The fourth-order valence-electron chi connectivity index (χ4n) is 4.85. The average molecular weight is 355 g/mol. The van der Waals surface area contributed by atoms with E-state index < -0.39 is 0 Å². The first kappa shape index (κ1) is 16.2. The molecule has 0 bridgehead atoms. The molecule has 3 aromatic rings. The first-order chi connectivity index (χ1) is 13.2. The summed E-state index contributed by atoms with van der Waals surface area (Å²) >= 11 is 0. The summed E-state index contributed by atoms with van der Waals surface area (Å²) in [6, 6.07) is 24.1. The van der Waals surface area contributed by atoms with E-state index in [0.717, 1.165) is 35.7 Å². The number of nitrogens with zero attached hydrogens (tertiary/aromatic N) is 1. The molecule has 1 heterocycles. The maximum Gasteiger partial charge on any atom is 0.237 e. The van der Waals surface area contributed by atoms with Crippen LogP contribution in [-0.4, -0.2) is 11.8 Å². The smallest absolute Gasteiger partial charge is 0.237 e. The van der Waals surface area contributed by atoms with Crippen LogP contribution in [0.3, 0.4) is 0 Å². The third kappa shape index (κ3) is 2.57. The molecule has 0 unspecified atom stereocenters. The highest BCUT2D eigenvalue weighted by atomic mass is 16.2. The molecule has 2 amide bonds. The quantitative estimate of drug-likeness (QED) is 0.612. The standard InChI is InChI=1S/C24H21NO2/c26-23-20-14-13-18(16-7-2-1-3-8-16)15-21(20)24(27)25(23)22-12-6-10-17-9-4-5-11-19(17)22/h1-12,18,20-21H,13-15H2/t18-,20-,21-/m0/s1. The van der Waals surface area contributed by atoms with E-state index in [1.807, 2.05) is 60.7 Å². The number of carbonyl (C=O) groups is 2. The molecular weight excluding hydrogens is 334 g/mol. The highest BCUT2D eigenvalue weighted by Crippen LogP contribution is 2.46. The van der Waals surface area contributed by atoms with Crippen molar-refractivity contribution in [2.45, 2.75) is 25.2 Å². The summed E-state index contributed by atoms with van der Waals surface area (Å²) in [5.74, 6) is -0.0571. The SMILES string of the molecule is O=C1[C@H]2CC[C@H](c3ccccc3)C[C@@H]2C(=O)N1c1cccc2ccccc12. The number of anilines is 1. The third-order valence-corrected chi connectivity index (χ3v) is 6.20. The lowest BCUT2D eigenvalue weighted by molar-refractivity contribution is -0.122. The number of hydrogen-bond donors (Lipinski definition) is 0. The molecule has 3 heteroatoms. The van der Waals surface area contributed by atoms with Crippen molar-refractivity contribution in [2.75, 3.05) is 4.90 Å².